The highest BCUT2D eigenvalue weighted by Crippen LogP contribution is 2.34. The van der Waals surface area contributed by atoms with E-state index in [1.165, 1.54) is 6.33 Å². The quantitative estimate of drug-likeness (QED) is 0.442. The normalized spacial score (nSPS) is 10.2. The lowest BCUT2D eigenvalue weighted by atomic mass is 10.2. The molecule has 2 N–H and O–H groups in total. The van der Waals surface area contributed by atoms with E-state index in [4.69, 9.17) is 0 Å². The summed E-state index contributed by atoms with van der Waals surface area (Å²) in [4.78, 5) is 32.8. The lowest BCUT2D eigenvalue weighted by Crippen LogP contribution is -2.30. The summed E-state index contributed by atoms with van der Waals surface area (Å²) >= 11 is 3.29. The number of nitrogens with one attached hydrogen (secondary N) is 2. The summed E-state index contributed by atoms with van der Waals surface area (Å²) in [6.45, 7) is 0. The number of rotatable bonds is 6. The molecule has 0 unspecified atom stereocenters. The van der Waals surface area contributed by atoms with Gasteiger partial charge in [0, 0.05) is 22.8 Å². The van der Waals surface area contributed by atoms with Crippen LogP contribution in [0.5, 0.6) is 0 Å². The van der Waals surface area contributed by atoms with Crippen molar-refractivity contribution in [3.63, 3.8) is 0 Å². The summed E-state index contributed by atoms with van der Waals surface area (Å²) in [5.41, 5.74) is 5.69. The number of hydrazine groups is 1. The first-order valence-electron chi connectivity index (χ1n) is 8.07. The molecule has 3 aromatic rings. The number of hydrogen-bond donors (Lipinski definition) is 2. The largest absolute Gasteiger partial charge is 0.355 e. The fourth-order valence-corrected chi connectivity index (χ4v) is 2.70. The molecule has 0 saturated carbocycles. The standard InChI is InChI=1S/C18H15BrN6O3/c1-24(14-5-3-2-4-6-14)17-15(25(27)28)16(20-11-21-17)22-23-18(26)12-7-9-13(19)10-8-12/h2-11H,1H3,(H,23,26)(H,20,21,22). The van der Waals surface area contributed by atoms with Crippen molar-refractivity contribution in [1.82, 2.24) is 15.4 Å². The van der Waals surface area contributed by atoms with Crippen LogP contribution in [0.15, 0.2) is 65.4 Å². The van der Waals surface area contributed by atoms with Crippen molar-refractivity contribution in [1.29, 1.82) is 0 Å². The van der Waals surface area contributed by atoms with Gasteiger partial charge in [0.1, 0.15) is 6.33 Å². The van der Waals surface area contributed by atoms with Gasteiger partial charge in [0.2, 0.25) is 11.6 Å². The molecule has 0 bridgehead atoms. The highest BCUT2D eigenvalue weighted by molar-refractivity contribution is 9.10. The van der Waals surface area contributed by atoms with Gasteiger partial charge in [-0.2, -0.15) is 0 Å². The van der Waals surface area contributed by atoms with Crippen molar-refractivity contribution in [2.24, 2.45) is 0 Å². The maximum absolute atomic E-state index is 12.2. The number of hydrogen-bond acceptors (Lipinski definition) is 7. The molecule has 28 heavy (non-hydrogen) atoms. The second kappa shape index (κ2) is 8.44. The van der Waals surface area contributed by atoms with Crippen molar-refractivity contribution in [2.75, 3.05) is 17.4 Å². The van der Waals surface area contributed by atoms with Crippen LogP contribution in [0.1, 0.15) is 10.4 Å². The highest BCUT2D eigenvalue weighted by atomic mass is 79.9. The molecule has 9 nitrogen and oxygen atoms in total. The van der Waals surface area contributed by atoms with Crippen molar-refractivity contribution in [2.45, 2.75) is 0 Å². The summed E-state index contributed by atoms with van der Waals surface area (Å²) in [5.74, 6) is -0.492. The van der Waals surface area contributed by atoms with Crippen molar-refractivity contribution < 1.29 is 9.72 Å². The Hall–Kier alpha value is -3.53. The van der Waals surface area contributed by atoms with E-state index in [2.05, 4.69) is 36.7 Å². The van der Waals surface area contributed by atoms with E-state index in [0.717, 1.165) is 4.47 Å². The average molecular weight is 443 g/mol. The first kappa shape index (κ1) is 19.2. The fourth-order valence-electron chi connectivity index (χ4n) is 2.44. The van der Waals surface area contributed by atoms with E-state index in [1.807, 2.05) is 18.2 Å². The predicted octanol–water partition coefficient (Wildman–Crippen LogP) is 3.67. The lowest BCUT2D eigenvalue weighted by molar-refractivity contribution is -0.383. The number of anilines is 3. The van der Waals surface area contributed by atoms with Crippen molar-refractivity contribution in [3.8, 4) is 0 Å². The molecule has 0 fully saturated rings. The zero-order chi connectivity index (χ0) is 20.1. The van der Waals surface area contributed by atoms with Gasteiger partial charge in [-0.3, -0.25) is 25.8 Å². The third-order valence-electron chi connectivity index (χ3n) is 3.85. The number of nitro groups is 1. The van der Waals surface area contributed by atoms with Crippen LogP contribution >= 0.6 is 15.9 Å². The maximum atomic E-state index is 12.2. The van der Waals surface area contributed by atoms with Gasteiger partial charge in [0.15, 0.2) is 0 Å². The smallest absolute Gasteiger partial charge is 0.324 e. The minimum absolute atomic E-state index is 0.0894. The number of para-hydroxylation sites is 1. The molecule has 1 aromatic heterocycles. The van der Waals surface area contributed by atoms with Crippen molar-refractivity contribution >= 4 is 44.8 Å². The number of halogens is 1. The van der Waals surface area contributed by atoms with Gasteiger partial charge >= 0.3 is 5.69 Å². The molecule has 142 valence electrons. The second-order valence-corrected chi connectivity index (χ2v) is 6.55. The molecule has 0 radical (unpaired) electrons. The third kappa shape index (κ3) is 4.23. The second-order valence-electron chi connectivity index (χ2n) is 5.63. The predicted molar refractivity (Wildman–Crippen MR) is 108 cm³/mol. The Morgan fingerprint density at radius 1 is 1.11 bits per heavy atom. The van der Waals surface area contributed by atoms with Crippen LogP contribution in [0.25, 0.3) is 0 Å². The van der Waals surface area contributed by atoms with E-state index < -0.39 is 10.8 Å². The lowest BCUT2D eigenvalue weighted by Gasteiger charge is -2.18. The molecule has 10 heteroatoms. The number of amides is 1. The van der Waals surface area contributed by atoms with E-state index in [0.29, 0.717) is 11.3 Å². The van der Waals surface area contributed by atoms with Crippen LogP contribution in [0, 0.1) is 10.1 Å². The summed E-state index contributed by atoms with van der Waals surface area (Å²) in [7, 11) is 1.66. The van der Waals surface area contributed by atoms with Crippen LogP contribution in [0.2, 0.25) is 0 Å². The maximum Gasteiger partial charge on any atom is 0.355 e. The van der Waals surface area contributed by atoms with E-state index in [1.54, 1.807) is 48.3 Å². The average Bonchev–Trinajstić information content (AvgIpc) is 2.72. The number of carbonyl (C=O) groups is 1. The molecule has 0 atom stereocenters. The Labute approximate surface area is 168 Å². The molecule has 0 aliphatic carbocycles. The van der Waals surface area contributed by atoms with Crippen LogP contribution in [0.4, 0.5) is 23.0 Å². The Kier molecular flexibility index (Phi) is 5.80. The van der Waals surface area contributed by atoms with Crippen molar-refractivity contribution in [3.05, 3.63) is 81.1 Å². The van der Waals surface area contributed by atoms with Gasteiger partial charge in [-0.15, -0.1) is 0 Å². The summed E-state index contributed by atoms with van der Waals surface area (Å²) in [6, 6.07) is 15.7. The molecule has 0 aliphatic rings. The Morgan fingerprint density at radius 2 is 1.79 bits per heavy atom. The minimum atomic E-state index is -0.594. The Balaban J connectivity index is 1.86. The molecule has 1 heterocycles. The molecule has 0 spiro atoms. The molecule has 2 aromatic carbocycles. The van der Waals surface area contributed by atoms with E-state index in [9.17, 15) is 14.9 Å². The topological polar surface area (TPSA) is 113 Å². The molecule has 0 aliphatic heterocycles. The molecular weight excluding hydrogens is 428 g/mol. The van der Waals surface area contributed by atoms with E-state index >= 15 is 0 Å². The Morgan fingerprint density at radius 3 is 2.43 bits per heavy atom. The van der Waals surface area contributed by atoms with Crippen LogP contribution < -0.4 is 15.8 Å². The van der Waals surface area contributed by atoms with Crippen LogP contribution in [0.3, 0.4) is 0 Å². The first-order chi connectivity index (χ1) is 13.5. The van der Waals surface area contributed by atoms with Gasteiger partial charge < -0.3 is 4.90 Å². The van der Waals surface area contributed by atoms with Gasteiger partial charge in [-0.05, 0) is 36.4 Å². The highest BCUT2D eigenvalue weighted by Gasteiger charge is 2.26. The SMILES string of the molecule is CN(c1ccccc1)c1ncnc(NNC(=O)c2ccc(Br)cc2)c1[N+](=O)[O-]. The summed E-state index contributed by atoms with van der Waals surface area (Å²) in [5, 5.41) is 11.7. The van der Waals surface area contributed by atoms with E-state index in [-0.39, 0.29) is 17.3 Å². The summed E-state index contributed by atoms with van der Waals surface area (Å²) < 4.78 is 0.831. The summed E-state index contributed by atoms with van der Waals surface area (Å²) in [6.07, 6.45) is 1.19. The molecular formula is C18H15BrN6O3. The Bertz CT molecular complexity index is 998. The van der Waals surface area contributed by atoms with Gasteiger partial charge in [-0.1, -0.05) is 34.1 Å². The number of carbonyl (C=O) groups excluding carboxylic acids is 1. The van der Waals surface area contributed by atoms with Gasteiger partial charge in [0.05, 0.1) is 4.92 Å². The zero-order valence-electron chi connectivity index (χ0n) is 14.7. The number of nitrogens with zero attached hydrogens (tertiary/aromatic N) is 4. The number of benzene rings is 2. The molecule has 0 saturated heterocycles. The number of aromatic nitrogens is 2. The third-order valence-corrected chi connectivity index (χ3v) is 4.38. The first-order valence-corrected chi connectivity index (χ1v) is 8.86. The van der Waals surface area contributed by atoms with Crippen LogP contribution in [-0.4, -0.2) is 27.8 Å². The molecule has 1 amide bonds. The monoisotopic (exact) mass is 442 g/mol. The van der Waals surface area contributed by atoms with Gasteiger partial charge in [0.25, 0.3) is 5.91 Å². The van der Waals surface area contributed by atoms with Crippen LogP contribution in [-0.2, 0) is 0 Å². The fraction of sp³-hybridized carbons (Fsp3) is 0.0556. The zero-order valence-corrected chi connectivity index (χ0v) is 16.3. The molecule has 3 rings (SSSR count). The minimum Gasteiger partial charge on any atom is -0.324 e. The van der Waals surface area contributed by atoms with Gasteiger partial charge in [-0.25, -0.2) is 9.97 Å².